The molecule has 1 heterocycles. The Morgan fingerprint density at radius 2 is 2.13 bits per heavy atom. The lowest BCUT2D eigenvalue weighted by molar-refractivity contribution is -0.141. The van der Waals surface area contributed by atoms with Gasteiger partial charge < -0.3 is 10.2 Å². The zero-order valence-electron chi connectivity index (χ0n) is 13.5. The van der Waals surface area contributed by atoms with E-state index in [2.05, 4.69) is 5.32 Å². The number of carbonyl (C=O) groups excluding carboxylic acids is 2. The maximum atomic E-state index is 13.4. The molecule has 0 spiro atoms. The third-order valence-electron chi connectivity index (χ3n) is 5.13. The van der Waals surface area contributed by atoms with E-state index >= 15 is 0 Å². The average molecular weight is 318 g/mol. The summed E-state index contributed by atoms with van der Waals surface area (Å²) in [6, 6.07) is 6.43. The van der Waals surface area contributed by atoms with Gasteiger partial charge in [-0.1, -0.05) is 25.0 Å². The maximum absolute atomic E-state index is 13.4. The van der Waals surface area contributed by atoms with Gasteiger partial charge in [0.1, 0.15) is 11.4 Å². The number of likely N-dealkylation sites (tertiary alicyclic amines) is 1. The Bertz CT molecular complexity index is 613. The van der Waals surface area contributed by atoms with E-state index < -0.39 is 5.54 Å². The highest BCUT2D eigenvalue weighted by Gasteiger charge is 2.47. The van der Waals surface area contributed by atoms with Crippen molar-refractivity contribution in [2.45, 2.75) is 63.6 Å². The van der Waals surface area contributed by atoms with E-state index in [0.29, 0.717) is 18.4 Å². The van der Waals surface area contributed by atoms with Crippen LogP contribution in [-0.4, -0.2) is 28.3 Å². The Morgan fingerprint density at radius 3 is 2.83 bits per heavy atom. The summed E-state index contributed by atoms with van der Waals surface area (Å²) in [7, 11) is 0. The van der Waals surface area contributed by atoms with E-state index in [0.717, 1.165) is 25.7 Å². The van der Waals surface area contributed by atoms with Crippen LogP contribution in [0, 0.1) is 5.82 Å². The highest BCUT2D eigenvalue weighted by Crippen LogP contribution is 2.32. The molecular formula is C18H23FN2O2. The van der Waals surface area contributed by atoms with Crippen molar-refractivity contribution in [2.24, 2.45) is 0 Å². The number of nitrogens with one attached hydrogen (secondary N) is 1. The van der Waals surface area contributed by atoms with Gasteiger partial charge in [-0.2, -0.15) is 0 Å². The molecule has 1 N–H and O–H groups in total. The van der Waals surface area contributed by atoms with Crippen molar-refractivity contribution in [2.75, 3.05) is 0 Å². The second-order valence-corrected chi connectivity index (χ2v) is 6.84. The highest BCUT2D eigenvalue weighted by molar-refractivity contribution is 5.94. The van der Waals surface area contributed by atoms with Crippen molar-refractivity contribution in [3.8, 4) is 0 Å². The number of rotatable bonds is 4. The van der Waals surface area contributed by atoms with Crippen LogP contribution in [0.15, 0.2) is 24.3 Å². The van der Waals surface area contributed by atoms with Gasteiger partial charge in [0, 0.05) is 19.0 Å². The lowest BCUT2D eigenvalue weighted by atomic mass is 9.96. The molecule has 124 valence electrons. The number of carbonyl (C=O) groups is 2. The summed E-state index contributed by atoms with van der Waals surface area (Å²) in [6.07, 6.45) is 5.20. The molecule has 1 aromatic rings. The van der Waals surface area contributed by atoms with E-state index in [1.54, 1.807) is 17.0 Å². The summed E-state index contributed by atoms with van der Waals surface area (Å²) >= 11 is 0. The van der Waals surface area contributed by atoms with Crippen LogP contribution in [0.3, 0.4) is 0 Å². The minimum absolute atomic E-state index is 0.0432. The molecule has 1 aliphatic carbocycles. The van der Waals surface area contributed by atoms with Gasteiger partial charge in [0.05, 0.1) is 0 Å². The second kappa shape index (κ2) is 6.30. The second-order valence-electron chi connectivity index (χ2n) is 6.84. The van der Waals surface area contributed by atoms with E-state index in [9.17, 15) is 14.0 Å². The van der Waals surface area contributed by atoms with Crippen molar-refractivity contribution in [3.05, 3.63) is 35.6 Å². The first-order chi connectivity index (χ1) is 11.0. The summed E-state index contributed by atoms with van der Waals surface area (Å²) in [6.45, 7) is 2.09. The molecule has 0 aromatic heterocycles. The standard InChI is InChI=1S/C18H23FN2O2/c1-18(17(23)20-15-7-2-3-8-15)10-9-16(22)21(18)12-13-5-4-6-14(19)11-13/h4-6,11,15H,2-3,7-10,12H2,1H3,(H,20,23)/t18-/m1/s1. The molecule has 4 nitrogen and oxygen atoms in total. The number of amides is 2. The fourth-order valence-electron chi connectivity index (χ4n) is 3.62. The first-order valence-corrected chi connectivity index (χ1v) is 8.35. The zero-order valence-corrected chi connectivity index (χ0v) is 13.5. The topological polar surface area (TPSA) is 49.4 Å². The number of hydrogen-bond donors (Lipinski definition) is 1. The Hall–Kier alpha value is -1.91. The van der Waals surface area contributed by atoms with Crippen LogP contribution in [-0.2, 0) is 16.1 Å². The molecule has 2 fully saturated rings. The van der Waals surface area contributed by atoms with E-state index in [1.807, 2.05) is 6.92 Å². The fraction of sp³-hybridized carbons (Fsp3) is 0.556. The van der Waals surface area contributed by atoms with Crippen molar-refractivity contribution in [3.63, 3.8) is 0 Å². The minimum atomic E-state index is -0.841. The number of hydrogen-bond acceptors (Lipinski definition) is 2. The minimum Gasteiger partial charge on any atom is -0.351 e. The van der Waals surface area contributed by atoms with Gasteiger partial charge in [-0.25, -0.2) is 4.39 Å². The van der Waals surface area contributed by atoms with Gasteiger partial charge >= 0.3 is 0 Å². The van der Waals surface area contributed by atoms with Gasteiger partial charge in [-0.05, 0) is 43.9 Å². The zero-order chi connectivity index (χ0) is 16.4. The molecule has 0 bridgehead atoms. The molecule has 5 heteroatoms. The third kappa shape index (κ3) is 3.23. The van der Waals surface area contributed by atoms with Crippen LogP contribution in [0.5, 0.6) is 0 Å². The Morgan fingerprint density at radius 1 is 1.39 bits per heavy atom. The largest absolute Gasteiger partial charge is 0.351 e. The van der Waals surface area contributed by atoms with Crippen molar-refractivity contribution >= 4 is 11.8 Å². The van der Waals surface area contributed by atoms with Crippen molar-refractivity contribution in [1.29, 1.82) is 0 Å². The summed E-state index contributed by atoms with van der Waals surface area (Å²) < 4.78 is 13.4. The smallest absolute Gasteiger partial charge is 0.245 e. The molecule has 1 atom stereocenters. The van der Waals surface area contributed by atoms with Gasteiger partial charge in [0.25, 0.3) is 0 Å². The number of halogens is 1. The van der Waals surface area contributed by atoms with E-state index in [-0.39, 0.29) is 30.2 Å². The van der Waals surface area contributed by atoms with E-state index in [4.69, 9.17) is 0 Å². The highest BCUT2D eigenvalue weighted by atomic mass is 19.1. The predicted octanol–water partition coefficient (Wildman–Crippen LogP) is 2.77. The normalized spacial score (nSPS) is 25.1. The van der Waals surface area contributed by atoms with Crippen LogP contribution >= 0.6 is 0 Å². The fourth-order valence-corrected chi connectivity index (χ4v) is 3.62. The van der Waals surface area contributed by atoms with Crippen LogP contribution in [0.2, 0.25) is 0 Å². The summed E-state index contributed by atoms with van der Waals surface area (Å²) in [5.41, 5.74) is -0.133. The molecule has 1 saturated carbocycles. The predicted molar refractivity (Wildman–Crippen MR) is 85.0 cm³/mol. The molecule has 2 amide bonds. The summed E-state index contributed by atoms with van der Waals surface area (Å²) in [5, 5.41) is 3.10. The molecule has 3 rings (SSSR count). The molecule has 2 aliphatic rings. The summed E-state index contributed by atoms with van der Waals surface area (Å²) in [5.74, 6) is -0.448. The number of benzene rings is 1. The van der Waals surface area contributed by atoms with Crippen LogP contribution in [0.1, 0.15) is 51.0 Å². The Balaban J connectivity index is 1.76. The molecule has 1 aliphatic heterocycles. The molecule has 1 aromatic carbocycles. The van der Waals surface area contributed by atoms with Crippen LogP contribution < -0.4 is 5.32 Å². The number of nitrogens with zero attached hydrogens (tertiary/aromatic N) is 1. The molecule has 23 heavy (non-hydrogen) atoms. The van der Waals surface area contributed by atoms with Gasteiger partial charge in [0.2, 0.25) is 11.8 Å². The van der Waals surface area contributed by atoms with Crippen LogP contribution in [0.4, 0.5) is 4.39 Å². The summed E-state index contributed by atoms with van der Waals surface area (Å²) in [4.78, 5) is 26.6. The van der Waals surface area contributed by atoms with Crippen molar-refractivity contribution < 1.29 is 14.0 Å². The van der Waals surface area contributed by atoms with Crippen LogP contribution in [0.25, 0.3) is 0 Å². The lowest BCUT2D eigenvalue weighted by Crippen LogP contribution is -2.55. The first-order valence-electron chi connectivity index (χ1n) is 8.35. The van der Waals surface area contributed by atoms with Gasteiger partial charge in [-0.3, -0.25) is 9.59 Å². The lowest BCUT2D eigenvalue weighted by Gasteiger charge is -2.35. The van der Waals surface area contributed by atoms with Gasteiger partial charge in [0.15, 0.2) is 0 Å². The molecule has 1 saturated heterocycles. The van der Waals surface area contributed by atoms with E-state index in [1.165, 1.54) is 12.1 Å². The van der Waals surface area contributed by atoms with Gasteiger partial charge in [-0.15, -0.1) is 0 Å². The molecule has 0 unspecified atom stereocenters. The maximum Gasteiger partial charge on any atom is 0.245 e. The quantitative estimate of drug-likeness (QED) is 0.928. The van der Waals surface area contributed by atoms with Crippen molar-refractivity contribution in [1.82, 2.24) is 10.2 Å². The molecular weight excluding hydrogens is 295 g/mol. The SMILES string of the molecule is C[C@]1(C(=O)NC2CCCC2)CCC(=O)N1Cc1cccc(F)c1. The third-order valence-corrected chi connectivity index (χ3v) is 5.13. The molecule has 0 radical (unpaired) electrons. The Kier molecular flexibility index (Phi) is 4.37. The first kappa shape index (κ1) is 16.0. The average Bonchev–Trinajstić information content (AvgIpc) is 3.12. The monoisotopic (exact) mass is 318 g/mol. The Labute approximate surface area is 136 Å².